The maximum absolute atomic E-state index is 8.84. The highest BCUT2D eigenvalue weighted by Crippen LogP contribution is 2.41. The van der Waals surface area contributed by atoms with Gasteiger partial charge in [0.05, 0.1) is 0 Å². The van der Waals surface area contributed by atoms with Gasteiger partial charge in [-0.1, -0.05) is 26.7 Å². The van der Waals surface area contributed by atoms with Crippen LogP contribution < -0.4 is 0 Å². The SMILES string of the molecule is CCC1CC(CCO)CC1CC. The Morgan fingerprint density at radius 3 is 1.92 bits per heavy atom. The molecule has 1 rings (SSSR count). The summed E-state index contributed by atoms with van der Waals surface area (Å²) >= 11 is 0. The molecule has 0 aliphatic heterocycles. The molecule has 0 radical (unpaired) electrons. The first-order chi connectivity index (χ1) is 5.81. The number of rotatable bonds is 4. The Kier molecular flexibility index (Phi) is 4.07. The minimum Gasteiger partial charge on any atom is -0.396 e. The van der Waals surface area contributed by atoms with Crippen molar-refractivity contribution in [3.05, 3.63) is 0 Å². The largest absolute Gasteiger partial charge is 0.396 e. The maximum atomic E-state index is 8.84. The molecular formula is C11H22O. The van der Waals surface area contributed by atoms with E-state index in [-0.39, 0.29) is 0 Å². The normalized spacial score (nSPS) is 35.8. The summed E-state index contributed by atoms with van der Waals surface area (Å²) in [6.07, 6.45) is 6.44. The first kappa shape index (κ1) is 10.0. The van der Waals surface area contributed by atoms with Crippen molar-refractivity contribution in [2.45, 2.75) is 46.0 Å². The van der Waals surface area contributed by atoms with Crippen LogP contribution in [-0.4, -0.2) is 11.7 Å². The van der Waals surface area contributed by atoms with Gasteiger partial charge in [0.2, 0.25) is 0 Å². The minimum absolute atomic E-state index is 0.386. The predicted octanol–water partition coefficient (Wildman–Crippen LogP) is 2.83. The molecule has 1 saturated carbocycles. The Labute approximate surface area is 76.2 Å². The molecule has 1 heteroatoms. The van der Waals surface area contributed by atoms with E-state index in [0.29, 0.717) is 6.61 Å². The summed E-state index contributed by atoms with van der Waals surface area (Å²) in [5.41, 5.74) is 0. The van der Waals surface area contributed by atoms with Gasteiger partial charge in [0, 0.05) is 6.61 Å². The molecule has 0 saturated heterocycles. The summed E-state index contributed by atoms with van der Waals surface area (Å²) in [4.78, 5) is 0. The molecule has 2 unspecified atom stereocenters. The molecule has 1 fully saturated rings. The molecule has 1 N–H and O–H groups in total. The van der Waals surface area contributed by atoms with Crippen molar-refractivity contribution < 1.29 is 5.11 Å². The topological polar surface area (TPSA) is 20.2 Å². The van der Waals surface area contributed by atoms with Crippen LogP contribution in [0, 0.1) is 17.8 Å². The van der Waals surface area contributed by atoms with Gasteiger partial charge in [-0.2, -0.15) is 0 Å². The minimum atomic E-state index is 0.386. The number of aliphatic hydroxyl groups is 1. The molecule has 0 heterocycles. The maximum Gasteiger partial charge on any atom is 0.0433 e. The van der Waals surface area contributed by atoms with Crippen molar-refractivity contribution in [3.8, 4) is 0 Å². The molecule has 1 nitrogen and oxygen atoms in total. The van der Waals surface area contributed by atoms with Crippen molar-refractivity contribution >= 4 is 0 Å². The van der Waals surface area contributed by atoms with Crippen molar-refractivity contribution in [3.63, 3.8) is 0 Å². The molecule has 0 bridgehead atoms. The lowest BCUT2D eigenvalue weighted by Crippen LogP contribution is -2.04. The molecule has 0 aromatic rings. The zero-order valence-corrected chi connectivity index (χ0v) is 8.42. The van der Waals surface area contributed by atoms with Crippen LogP contribution in [0.4, 0.5) is 0 Å². The van der Waals surface area contributed by atoms with E-state index in [2.05, 4.69) is 13.8 Å². The smallest absolute Gasteiger partial charge is 0.0433 e. The molecule has 72 valence electrons. The second kappa shape index (κ2) is 4.86. The second-order valence-corrected chi connectivity index (χ2v) is 4.19. The Morgan fingerprint density at radius 2 is 1.58 bits per heavy atom. The Hall–Kier alpha value is -0.0400. The van der Waals surface area contributed by atoms with Gasteiger partial charge in [0.25, 0.3) is 0 Å². The molecule has 0 aromatic heterocycles. The fraction of sp³-hybridized carbons (Fsp3) is 1.00. The van der Waals surface area contributed by atoms with E-state index in [1.165, 1.54) is 25.7 Å². The molecule has 12 heavy (non-hydrogen) atoms. The Bertz CT molecular complexity index is 110. The summed E-state index contributed by atoms with van der Waals surface area (Å²) in [5.74, 6) is 2.72. The van der Waals surface area contributed by atoms with Crippen LogP contribution in [-0.2, 0) is 0 Å². The predicted molar refractivity (Wildman–Crippen MR) is 52.0 cm³/mol. The molecule has 1 aliphatic rings. The van der Waals surface area contributed by atoms with E-state index in [1.807, 2.05) is 0 Å². The van der Waals surface area contributed by atoms with Crippen LogP contribution in [0.5, 0.6) is 0 Å². The van der Waals surface area contributed by atoms with E-state index in [1.54, 1.807) is 0 Å². The summed E-state index contributed by atoms with van der Waals surface area (Å²) in [5, 5.41) is 8.84. The van der Waals surface area contributed by atoms with Gasteiger partial charge in [0.15, 0.2) is 0 Å². The average molecular weight is 170 g/mol. The highest BCUT2D eigenvalue weighted by Gasteiger charge is 2.30. The average Bonchev–Trinajstić information content (AvgIpc) is 2.48. The summed E-state index contributed by atoms with van der Waals surface area (Å²) < 4.78 is 0. The fourth-order valence-corrected chi connectivity index (χ4v) is 2.76. The molecule has 0 spiro atoms. The first-order valence-corrected chi connectivity index (χ1v) is 5.42. The summed E-state index contributed by atoms with van der Waals surface area (Å²) in [6.45, 7) is 4.99. The van der Waals surface area contributed by atoms with Crippen LogP contribution >= 0.6 is 0 Å². The summed E-state index contributed by atoms with van der Waals surface area (Å²) in [7, 11) is 0. The van der Waals surface area contributed by atoms with Crippen molar-refractivity contribution in [2.75, 3.05) is 6.61 Å². The number of aliphatic hydroxyl groups excluding tert-OH is 1. The quantitative estimate of drug-likeness (QED) is 0.688. The third-order valence-corrected chi connectivity index (χ3v) is 3.52. The lowest BCUT2D eigenvalue weighted by atomic mass is 9.92. The van der Waals surface area contributed by atoms with E-state index in [4.69, 9.17) is 5.11 Å². The highest BCUT2D eigenvalue weighted by atomic mass is 16.3. The molecular weight excluding hydrogens is 148 g/mol. The van der Waals surface area contributed by atoms with Crippen molar-refractivity contribution in [1.82, 2.24) is 0 Å². The number of hydrogen-bond donors (Lipinski definition) is 1. The van der Waals surface area contributed by atoms with Crippen LogP contribution in [0.15, 0.2) is 0 Å². The van der Waals surface area contributed by atoms with E-state index in [0.717, 1.165) is 24.2 Å². The third-order valence-electron chi connectivity index (χ3n) is 3.52. The van der Waals surface area contributed by atoms with E-state index >= 15 is 0 Å². The molecule has 0 aromatic carbocycles. The molecule has 2 atom stereocenters. The fourth-order valence-electron chi connectivity index (χ4n) is 2.76. The zero-order valence-electron chi connectivity index (χ0n) is 8.42. The van der Waals surface area contributed by atoms with Gasteiger partial charge in [-0.05, 0) is 37.0 Å². The van der Waals surface area contributed by atoms with Crippen LogP contribution in [0.25, 0.3) is 0 Å². The summed E-state index contributed by atoms with van der Waals surface area (Å²) in [6, 6.07) is 0. The highest BCUT2D eigenvalue weighted by molar-refractivity contribution is 4.81. The Balaban J connectivity index is 2.36. The lowest BCUT2D eigenvalue weighted by molar-refractivity contribution is 0.255. The van der Waals surface area contributed by atoms with Gasteiger partial charge in [-0.25, -0.2) is 0 Å². The van der Waals surface area contributed by atoms with Gasteiger partial charge in [-0.15, -0.1) is 0 Å². The second-order valence-electron chi connectivity index (χ2n) is 4.19. The van der Waals surface area contributed by atoms with Crippen LogP contribution in [0.2, 0.25) is 0 Å². The van der Waals surface area contributed by atoms with Crippen LogP contribution in [0.3, 0.4) is 0 Å². The van der Waals surface area contributed by atoms with Gasteiger partial charge < -0.3 is 5.11 Å². The molecule has 1 aliphatic carbocycles. The lowest BCUT2D eigenvalue weighted by Gasteiger charge is -2.14. The van der Waals surface area contributed by atoms with Crippen molar-refractivity contribution in [1.29, 1.82) is 0 Å². The standard InChI is InChI=1S/C11H22O/c1-3-10-7-9(5-6-12)8-11(10)4-2/h9-12H,3-8H2,1-2H3. The van der Waals surface area contributed by atoms with Crippen molar-refractivity contribution in [2.24, 2.45) is 17.8 Å². The van der Waals surface area contributed by atoms with Gasteiger partial charge in [0.1, 0.15) is 0 Å². The third kappa shape index (κ3) is 2.22. The Morgan fingerprint density at radius 1 is 1.08 bits per heavy atom. The van der Waals surface area contributed by atoms with Gasteiger partial charge >= 0.3 is 0 Å². The van der Waals surface area contributed by atoms with E-state index in [9.17, 15) is 0 Å². The van der Waals surface area contributed by atoms with E-state index < -0.39 is 0 Å². The number of hydrogen-bond acceptors (Lipinski definition) is 1. The zero-order chi connectivity index (χ0) is 8.97. The van der Waals surface area contributed by atoms with Crippen LogP contribution in [0.1, 0.15) is 46.0 Å². The van der Waals surface area contributed by atoms with Gasteiger partial charge in [-0.3, -0.25) is 0 Å². The monoisotopic (exact) mass is 170 g/mol. The first-order valence-electron chi connectivity index (χ1n) is 5.42. The molecule has 0 amide bonds.